The van der Waals surface area contributed by atoms with Crippen molar-refractivity contribution < 1.29 is 0 Å². The van der Waals surface area contributed by atoms with Crippen molar-refractivity contribution in [1.82, 2.24) is 4.90 Å². The fourth-order valence-electron chi connectivity index (χ4n) is 1.76. The van der Waals surface area contributed by atoms with Gasteiger partial charge in [-0.3, -0.25) is 0 Å². The summed E-state index contributed by atoms with van der Waals surface area (Å²) in [7, 11) is 4.61. The molecule has 0 bridgehead atoms. The van der Waals surface area contributed by atoms with E-state index in [-0.39, 0.29) is 0 Å². The molecule has 0 aliphatic rings. The summed E-state index contributed by atoms with van der Waals surface area (Å²) in [4.78, 5) is 2.36. The lowest BCUT2D eigenvalue weighted by Gasteiger charge is -2.30. The molecule has 0 aromatic rings. The Labute approximate surface area is 78.8 Å². The van der Waals surface area contributed by atoms with E-state index in [0.29, 0.717) is 11.1 Å². The molecular formula is C10H23BN. The highest BCUT2D eigenvalue weighted by atomic mass is 15.1. The van der Waals surface area contributed by atoms with Gasteiger partial charge in [-0.05, 0) is 20.1 Å². The van der Waals surface area contributed by atoms with Gasteiger partial charge in [-0.15, -0.1) is 0 Å². The first kappa shape index (κ1) is 12.0. The van der Waals surface area contributed by atoms with Gasteiger partial charge in [0.2, 0.25) is 0 Å². The largest absolute Gasteiger partial charge is 0.307 e. The van der Waals surface area contributed by atoms with Gasteiger partial charge in [-0.2, -0.15) is 0 Å². The molecule has 0 atom stereocenters. The van der Waals surface area contributed by atoms with Gasteiger partial charge < -0.3 is 4.90 Å². The normalized spacial score (nSPS) is 12.7. The topological polar surface area (TPSA) is 3.24 Å². The summed E-state index contributed by atoms with van der Waals surface area (Å²) in [6.45, 7) is 13.6. The summed E-state index contributed by atoms with van der Waals surface area (Å²) in [6, 6.07) is 0. The fourth-order valence-corrected chi connectivity index (χ4v) is 1.76. The highest BCUT2D eigenvalue weighted by Gasteiger charge is 2.21. The van der Waals surface area contributed by atoms with E-state index in [0.717, 1.165) is 13.1 Å². The van der Waals surface area contributed by atoms with Crippen LogP contribution in [0.5, 0.6) is 0 Å². The summed E-state index contributed by atoms with van der Waals surface area (Å²) in [6.07, 6.45) is 0. The summed E-state index contributed by atoms with van der Waals surface area (Å²) < 4.78 is 0. The average Bonchev–Trinajstić information content (AvgIpc) is 1.83. The maximum absolute atomic E-state index is 2.43. The molecule has 0 N–H and O–H groups in total. The second-order valence-electron chi connectivity index (χ2n) is 4.73. The minimum atomic E-state index is 0.346. The first-order chi connectivity index (χ1) is 5.37. The van der Waals surface area contributed by atoms with Gasteiger partial charge in [0, 0.05) is 0 Å². The molecule has 2 heteroatoms. The van der Waals surface area contributed by atoms with E-state index >= 15 is 0 Å². The lowest BCUT2D eigenvalue weighted by atomic mass is 9.48. The molecule has 0 amide bonds. The van der Waals surface area contributed by atoms with Crippen molar-refractivity contribution >= 4 is 7.28 Å². The fraction of sp³-hybridized carbons (Fsp3) is 1.00. The van der Waals surface area contributed by atoms with Gasteiger partial charge in [-0.1, -0.05) is 45.8 Å². The quantitative estimate of drug-likeness (QED) is 0.570. The van der Waals surface area contributed by atoms with Crippen LogP contribution in [-0.4, -0.2) is 32.3 Å². The van der Waals surface area contributed by atoms with Crippen molar-refractivity contribution in [1.29, 1.82) is 0 Å². The van der Waals surface area contributed by atoms with Crippen molar-refractivity contribution in [2.24, 2.45) is 0 Å². The van der Waals surface area contributed by atoms with E-state index in [1.807, 2.05) is 0 Å². The van der Waals surface area contributed by atoms with Gasteiger partial charge in [-0.25, -0.2) is 0 Å². The number of hydrogen-bond donors (Lipinski definition) is 0. The minimum absolute atomic E-state index is 0.346. The molecule has 0 aliphatic heterocycles. The molecule has 0 heterocycles. The van der Waals surface area contributed by atoms with Crippen molar-refractivity contribution in [3.63, 3.8) is 0 Å². The van der Waals surface area contributed by atoms with E-state index in [2.05, 4.69) is 53.8 Å². The second-order valence-corrected chi connectivity index (χ2v) is 4.73. The Kier molecular flexibility index (Phi) is 4.92. The Bertz CT molecular complexity index is 121. The molecule has 0 aromatic carbocycles. The maximum atomic E-state index is 2.43. The van der Waals surface area contributed by atoms with E-state index < -0.39 is 0 Å². The van der Waals surface area contributed by atoms with Crippen LogP contribution in [0.3, 0.4) is 0 Å². The highest BCUT2D eigenvalue weighted by Crippen LogP contribution is 2.27. The predicted molar refractivity (Wildman–Crippen MR) is 58.1 cm³/mol. The molecular weight excluding hydrogens is 145 g/mol. The van der Waals surface area contributed by atoms with Crippen molar-refractivity contribution in [3.05, 3.63) is 0 Å². The number of nitrogens with zero attached hydrogens (tertiary/aromatic N) is 1. The van der Waals surface area contributed by atoms with Crippen molar-refractivity contribution in [2.45, 2.75) is 45.8 Å². The van der Waals surface area contributed by atoms with Gasteiger partial charge in [0.1, 0.15) is 7.28 Å². The molecule has 0 spiro atoms. The molecule has 1 radical (unpaired) electrons. The first-order valence-electron chi connectivity index (χ1n) is 4.92. The van der Waals surface area contributed by atoms with Crippen LogP contribution in [0.25, 0.3) is 0 Å². The molecule has 0 unspecified atom stereocenters. The SMILES string of the molecule is CCN(C)CC(C)(C)[B]C(C)C. The lowest BCUT2D eigenvalue weighted by Crippen LogP contribution is -2.31. The molecule has 0 aliphatic carbocycles. The molecule has 1 nitrogen and oxygen atoms in total. The second kappa shape index (κ2) is 4.91. The van der Waals surface area contributed by atoms with Gasteiger partial charge in [0.25, 0.3) is 0 Å². The third kappa shape index (κ3) is 5.65. The van der Waals surface area contributed by atoms with Crippen LogP contribution >= 0.6 is 0 Å². The van der Waals surface area contributed by atoms with Crippen LogP contribution in [0.2, 0.25) is 11.1 Å². The van der Waals surface area contributed by atoms with Crippen LogP contribution in [0.1, 0.15) is 34.6 Å². The summed E-state index contributed by atoms with van der Waals surface area (Å²) in [5.74, 6) is 0.685. The van der Waals surface area contributed by atoms with Gasteiger partial charge >= 0.3 is 0 Å². The third-order valence-electron chi connectivity index (χ3n) is 2.00. The Morgan fingerprint density at radius 3 is 2.17 bits per heavy atom. The van der Waals surface area contributed by atoms with E-state index in [1.165, 1.54) is 0 Å². The number of rotatable bonds is 5. The summed E-state index contributed by atoms with van der Waals surface area (Å²) in [5.41, 5.74) is 0. The van der Waals surface area contributed by atoms with E-state index in [1.54, 1.807) is 0 Å². The number of hydrogen-bond acceptors (Lipinski definition) is 1. The Morgan fingerprint density at radius 1 is 1.33 bits per heavy atom. The monoisotopic (exact) mass is 168 g/mol. The van der Waals surface area contributed by atoms with Gasteiger partial charge in [0.15, 0.2) is 0 Å². The zero-order valence-corrected chi connectivity index (χ0v) is 9.52. The zero-order chi connectivity index (χ0) is 9.78. The predicted octanol–water partition coefficient (Wildman–Crippen LogP) is 2.67. The smallest absolute Gasteiger partial charge is 0.122 e. The lowest BCUT2D eigenvalue weighted by molar-refractivity contribution is 0.316. The van der Waals surface area contributed by atoms with E-state index in [4.69, 9.17) is 0 Å². The Balaban J connectivity index is 3.85. The molecule has 0 aromatic heterocycles. The van der Waals surface area contributed by atoms with Crippen molar-refractivity contribution in [2.75, 3.05) is 20.1 Å². The highest BCUT2D eigenvalue weighted by molar-refractivity contribution is 6.41. The van der Waals surface area contributed by atoms with Crippen LogP contribution in [0.15, 0.2) is 0 Å². The maximum Gasteiger partial charge on any atom is 0.122 e. The van der Waals surface area contributed by atoms with E-state index in [9.17, 15) is 0 Å². The summed E-state index contributed by atoms with van der Waals surface area (Å²) in [5, 5.41) is 0.346. The summed E-state index contributed by atoms with van der Waals surface area (Å²) >= 11 is 0. The zero-order valence-electron chi connectivity index (χ0n) is 9.52. The minimum Gasteiger partial charge on any atom is -0.307 e. The average molecular weight is 168 g/mol. The third-order valence-corrected chi connectivity index (χ3v) is 2.00. The Hall–Kier alpha value is 0.0249. The molecule has 0 saturated carbocycles. The van der Waals surface area contributed by atoms with Crippen LogP contribution in [-0.2, 0) is 0 Å². The van der Waals surface area contributed by atoms with Crippen LogP contribution in [0.4, 0.5) is 0 Å². The molecule has 0 saturated heterocycles. The molecule has 0 fully saturated rings. The molecule has 71 valence electrons. The standard InChI is InChI=1S/C10H23BN/c1-7-12(6)8-10(4,5)11-9(2)3/h9H,7-8H2,1-6H3. The van der Waals surface area contributed by atoms with Gasteiger partial charge in [0.05, 0.1) is 0 Å². The molecule has 12 heavy (non-hydrogen) atoms. The molecule has 0 rings (SSSR count). The Morgan fingerprint density at radius 2 is 1.83 bits per heavy atom. The van der Waals surface area contributed by atoms with Crippen LogP contribution in [0, 0.1) is 0 Å². The van der Waals surface area contributed by atoms with Crippen LogP contribution < -0.4 is 0 Å². The first-order valence-corrected chi connectivity index (χ1v) is 4.92. The van der Waals surface area contributed by atoms with Crippen molar-refractivity contribution in [3.8, 4) is 0 Å².